The van der Waals surface area contributed by atoms with Crippen molar-refractivity contribution >= 4 is 5.78 Å². The Hall–Kier alpha value is -3.11. The second kappa shape index (κ2) is 7.85. The van der Waals surface area contributed by atoms with E-state index in [0.717, 1.165) is 5.56 Å². The fourth-order valence-electron chi connectivity index (χ4n) is 3.00. The number of carbonyl (C=O) groups is 1. The molecule has 3 aromatic rings. The summed E-state index contributed by atoms with van der Waals surface area (Å²) in [6.07, 6.45) is 1.04. The maximum absolute atomic E-state index is 12.8. The number of hydrogen-bond donors (Lipinski definition) is 3. The van der Waals surface area contributed by atoms with Crippen LogP contribution in [-0.2, 0) is 19.4 Å². The minimum atomic E-state index is -0.293. The smallest absolute Gasteiger partial charge is 0.196 e. The molecule has 0 bridgehead atoms. The Balaban J connectivity index is 1.99. The Morgan fingerprint density at radius 1 is 0.846 bits per heavy atom. The van der Waals surface area contributed by atoms with Crippen LogP contribution in [0.4, 0.5) is 0 Å². The van der Waals surface area contributed by atoms with Crippen molar-refractivity contribution in [1.29, 1.82) is 0 Å². The van der Waals surface area contributed by atoms with Gasteiger partial charge in [-0.2, -0.15) is 0 Å². The van der Waals surface area contributed by atoms with E-state index in [1.807, 2.05) is 36.4 Å². The Kier molecular flexibility index (Phi) is 5.34. The van der Waals surface area contributed by atoms with Gasteiger partial charge >= 0.3 is 0 Å². The third-order valence-corrected chi connectivity index (χ3v) is 4.46. The molecule has 4 heteroatoms. The molecule has 0 amide bonds. The van der Waals surface area contributed by atoms with E-state index in [0.29, 0.717) is 29.5 Å². The summed E-state index contributed by atoms with van der Waals surface area (Å²) in [5.74, 6) is -0.506. The first-order valence-electron chi connectivity index (χ1n) is 8.52. The van der Waals surface area contributed by atoms with Gasteiger partial charge in [0.15, 0.2) is 5.78 Å². The highest BCUT2D eigenvalue weighted by molar-refractivity contribution is 6.11. The lowest BCUT2D eigenvalue weighted by molar-refractivity contribution is 0.103. The first-order valence-corrected chi connectivity index (χ1v) is 8.52. The second-order valence-corrected chi connectivity index (χ2v) is 6.14. The summed E-state index contributed by atoms with van der Waals surface area (Å²) in [4.78, 5) is 12.8. The van der Waals surface area contributed by atoms with Crippen molar-refractivity contribution in [1.82, 2.24) is 0 Å². The molecule has 4 nitrogen and oxygen atoms in total. The molecule has 3 rings (SSSR count). The van der Waals surface area contributed by atoms with Crippen LogP contribution in [0.25, 0.3) is 0 Å². The number of carbonyl (C=O) groups excluding carboxylic acids is 1. The molecule has 3 aromatic carbocycles. The number of rotatable bonds is 6. The first-order chi connectivity index (χ1) is 12.6. The van der Waals surface area contributed by atoms with Crippen molar-refractivity contribution in [3.05, 3.63) is 94.5 Å². The Labute approximate surface area is 152 Å². The van der Waals surface area contributed by atoms with E-state index in [4.69, 9.17) is 5.73 Å². The Bertz CT molecular complexity index is 906. The SMILES string of the molecule is NCc1cc(C(=O)c2ccccc2)c(O)c(CCc2ccccc2)c1O. The van der Waals surface area contributed by atoms with Crippen LogP contribution < -0.4 is 5.73 Å². The van der Waals surface area contributed by atoms with Crippen molar-refractivity contribution in [3.8, 4) is 11.5 Å². The third-order valence-electron chi connectivity index (χ3n) is 4.46. The van der Waals surface area contributed by atoms with Gasteiger partial charge in [0, 0.05) is 23.2 Å². The van der Waals surface area contributed by atoms with Crippen LogP contribution >= 0.6 is 0 Å². The fraction of sp³-hybridized carbons (Fsp3) is 0.136. The van der Waals surface area contributed by atoms with Gasteiger partial charge in [-0.15, -0.1) is 0 Å². The average molecular weight is 347 g/mol. The van der Waals surface area contributed by atoms with E-state index in [9.17, 15) is 15.0 Å². The predicted molar refractivity (Wildman–Crippen MR) is 101 cm³/mol. The minimum Gasteiger partial charge on any atom is -0.507 e. The fourth-order valence-corrected chi connectivity index (χ4v) is 3.00. The molecule has 132 valence electrons. The molecule has 0 aliphatic heterocycles. The van der Waals surface area contributed by atoms with Gasteiger partial charge in [-0.25, -0.2) is 0 Å². The second-order valence-electron chi connectivity index (χ2n) is 6.14. The highest BCUT2D eigenvalue weighted by atomic mass is 16.3. The normalized spacial score (nSPS) is 10.7. The van der Waals surface area contributed by atoms with Crippen LogP contribution in [0.5, 0.6) is 11.5 Å². The zero-order valence-electron chi connectivity index (χ0n) is 14.4. The minimum absolute atomic E-state index is 0.0365. The van der Waals surface area contributed by atoms with E-state index in [2.05, 4.69) is 0 Å². The average Bonchev–Trinajstić information content (AvgIpc) is 2.69. The molecule has 0 aromatic heterocycles. The number of phenolic OH excluding ortho intramolecular Hbond substituents is 2. The van der Waals surface area contributed by atoms with Gasteiger partial charge in [0.2, 0.25) is 0 Å². The van der Waals surface area contributed by atoms with Gasteiger partial charge in [0.05, 0.1) is 5.56 Å². The van der Waals surface area contributed by atoms with Gasteiger partial charge < -0.3 is 15.9 Å². The molecule has 0 radical (unpaired) electrons. The van der Waals surface area contributed by atoms with Crippen LogP contribution in [0.2, 0.25) is 0 Å². The lowest BCUT2D eigenvalue weighted by Gasteiger charge is -2.15. The zero-order chi connectivity index (χ0) is 18.5. The maximum Gasteiger partial charge on any atom is 0.196 e. The number of ketones is 1. The number of aryl methyl sites for hydroxylation is 1. The number of nitrogens with two attached hydrogens (primary N) is 1. The van der Waals surface area contributed by atoms with Crippen molar-refractivity contribution < 1.29 is 15.0 Å². The van der Waals surface area contributed by atoms with E-state index in [1.165, 1.54) is 6.07 Å². The van der Waals surface area contributed by atoms with Gasteiger partial charge in [0.1, 0.15) is 11.5 Å². The summed E-state index contributed by atoms with van der Waals surface area (Å²) >= 11 is 0. The first kappa shape index (κ1) is 17.7. The molecule has 0 saturated heterocycles. The summed E-state index contributed by atoms with van der Waals surface area (Å²) in [6, 6.07) is 20.0. The van der Waals surface area contributed by atoms with E-state index in [1.54, 1.807) is 24.3 Å². The maximum atomic E-state index is 12.8. The molecular formula is C22H21NO3. The molecule has 4 N–H and O–H groups in total. The summed E-state index contributed by atoms with van der Waals surface area (Å²) in [7, 11) is 0. The molecule has 0 fully saturated rings. The topological polar surface area (TPSA) is 83.6 Å². The summed E-state index contributed by atoms with van der Waals surface area (Å²) < 4.78 is 0. The van der Waals surface area contributed by atoms with Crippen LogP contribution in [0.3, 0.4) is 0 Å². The standard InChI is InChI=1S/C22H21NO3/c23-14-17-13-19(20(24)16-9-5-2-6-10-16)22(26)18(21(17)25)12-11-15-7-3-1-4-8-15/h1-10,13,25-26H,11-12,14,23H2. The number of aromatic hydroxyl groups is 2. The molecule has 0 saturated carbocycles. The number of benzene rings is 3. The zero-order valence-corrected chi connectivity index (χ0v) is 14.4. The van der Waals surface area contributed by atoms with Crippen LogP contribution in [0.1, 0.15) is 32.6 Å². The predicted octanol–water partition coefficient (Wildman–Crippen LogP) is 3.57. The van der Waals surface area contributed by atoms with E-state index < -0.39 is 0 Å². The summed E-state index contributed by atoms with van der Waals surface area (Å²) in [6.45, 7) is 0.0829. The molecule has 26 heavy (non-hydrogen) atoms. The largest absolute Gasteiger partial charge is 0.507 e. The Morgan fingerprint density at radius 3 is 2.08 bits per heavy atom. The molecular weight excluding hydrogens is 326 g/mol. The lowest BCUT2D eigenvalue weighted by atomic mass is 9.93. The molecule has 0 aliphatic carbocycles. The van der Waals surface area contributed by atoms with E-state index in [-0.39, 0.29) is 29.4 Å². The van der Waals surface area contributed by atoms with E-state index >= 15 is 0 Å². The van der Waals surface area contributed by atoms with Crippen molar-refractivity contribution in [2.45, 2.75) is 19.4 Å². The Morgan fingerprint density at radius 2 is 1.46 bits per heavy atom. The summed E-state index contributed by atoms with van der Waals surface area (Å²) in [5, 5.41) is 21.2. The van der Waals surface area contributed by atoms with Crippen LogP contribution in [0.15, 0.2) is 66.7 Å². The van der Waals surface area contributed by atoms with Crippen LogP contribution in [-0.4, -0.2) is 16.0 Å². The molecule has 0 unspecified atom stereocenters. The quantitative estimate of drug-likeness (QED) is 0.595. The molecule has 0 heterocycles. The summed E-state index contributed by atoms with van der Waals surface area (Å²) in [5.41, 5.74) is 8.26. The molecule has 0 atom stereocenters. The third kappa shape index (κ3) is 3.60. The number of hydrogen-bond acceptors (Lipinski definition) is 4. The van der Waals surface area contributed by atoms with Crippen molar-refractivity contribution in [2.24, 2.45) is 5.73 Å². The monoisotopic (exact) mass is 347 g/mol. The lowest BCUT2D eigenvalue weighted by Crippen LogP contribution is -2.08. The molecule has 0 aliphatic rings. The van der Waals surface area contributed by atoms with Gasteiger partial charge in [0.25, 0.3) is 0 Å². The van der Waals surface area contributed by atoms with Crippen LogP contribution in [0, 0.1) is 0 Å². The van der Waals surface area contributed by atoms with Crippen molar-refractivity contribution in [3.63, 3.8) is 0 Å². The van der Waals surface area contributed by atoms with Gasteiger partial charge in [-0.1, -0.05) is 60.7 Å². The van der Waals surface area contributed by atoms with Crippen molar-refractivity contribution in [2.75, 3.05) is 0 Å². The molecule has 0 spiro atoms. The van der Waals surface area contributed by atoms with Gasteiger partial charge in [-0.05, 0) is 24.5 Å². The highest BCUT2D eigenvalue weighted by Gasteiger charge is 2.21. The van der Waals surface area contributed by atoms with Gasteiger partial charge in [-0.3, -0.25) is 4.79 Å². The highest BCUT2D eigenvalue weighted by Crippen LogP contribution is 2.36. The number of phenols is 2.